The molecule has 0 saturated heterocycles. The van der Waals surface area contributed by atoms with Crippen LogP contribution in [0.2, 0.25) is 0 Å². The van der Waals surface area contributed by atoms with Crippen LogP contribution in [0.15, 0.2) is 60.9 Å². The summed E-state index contributed by atoms with van der Waals surface area (Å²) < 4.78 is 33.8. The lowest BCUT2D eigenvalue weighted by atomic mass is 10.1. The molecule has 2 aromatic carbocycles. The van der Waals surface area contributed by atoms with Crippen LogP contribution in [0.3, 0.4) is 0 Å². The molecule has 200 valence electrons. The number of nitrogen functional groups attached to an aromatic ring is 1. The topological polar surface area (TPSA) is 171 Å². The van der Waals surface area contributed by atoms with E-state index in [-0.39, 0.29) is 46.7 Å². The fourth-order valence-electron chi connectivity index (χ4n) is 3.58. The number of halogens is 2. The molecule has 0 atom stereocenters. The second-order valence-electron chi connectivity index (χ2n) is 8.07. The Hall–Kier alpha value is -5.17. The van der Waals surface area contributed by atoms with Gasteiger partial charge in [-0.25, -0.2) is 18.7 Å². The fraction of sp³-hybridized carbons (Fsp3) is 0.115. The zero-order valence-electron chi connectivity index (χ0n) is 20.6. The molecule has 0 aliphatic heterocycles. The Bertz CT molecular complexity index is 1500. The highest BCUT2D eigenvalue weighted by atomic mass is 19.1. The van der Waals surface area contributed by atoms with Gasteiger partial charge in [0.05, 0.1) is 7.11 Å². The summed E-state index contributed by atoms with van der Waals surface area (Å²) in [6, 6.07) is 12.1. The molecule has 4 aromatic rings. The van der Waals surface area contributed by atoms with Gasteiger partial charge < -0.3 is 31.5 Å². The predicted octanol–water partition coefficient (Wildman–Crippen LogP) is 3.44. The molecule has 13 heteroatoms. The van der Waals surface area contributed by atoms with Crippen LogP contribution in [0.1, 0.15) is 17.0 Å². The molecule has 0 aliphatic rings. The SMILES string of the molecule is COc1cc(F)c(CNc2ccccc2C(=N)c2nc(N)c(NC(=O)CO)c(Nc3ccncc3)n2)c(F)c1. The van der Waals surface area contributed by atoms with Gasteiger partial charge in [-0.2, -0.15) is 0 Å². The van der Waals surface area contributed by atoms with Gasteiger partial charge in [0, 0.05) is 53.6 Å². The lowest BCUT2D eigenvalue weighted by Crippen LogP contribution is -2.20. The third-order valence-electron chi connectivity index (χ3n) is 5.51. The van der Waals surface area contributed by atoms with Gasteiger partial charge in [0.15, 0.2) is 17.5 Å². The summed E-state index contributed by atoms with van der Waals surface area (Å²) in [7, 11) is 1.31. The second kappa shape index (κ2) is 11.9. The molecule has 0 spiro atoms. The first-order valence-electron chi connectivity index (χ1n) is 11.5. The largest absolute Gasteiger partial charge is 0.497 e. The van der Waals surface area contributed by atoms with E-state index in [1.165, 1.54) is 19.5 Å². The standard InChI is InChI=1S/C26H24F2N8O3/c1-39-15-10-18(27)17(19(28)11-15)12-32-20-5-3-2-4-16(20)22(29)25-35-24(30)23(34-21(38)13-37)26(36-25)33-14-6-8-31-9-7-14/h2-11,29,32,37H,12-13H2,1H3,(H,34,38)(H3,30,31,33,35,36). The number of carbonyl (C=O) groups excluding carboxylic acids is 1. The smallest absolute Gasteiger partial charge is 0.250 e. The first-order chi connectivity index (χ1) is 18.8. The normalized spacial score (nSPS) is 10.6. The molecule has 0 bridgehead atoms. The molecule has 11 nitrogen and oxygen atoms in total. The third-order valence-corrected chi connectivity index (χ3v) is 5.51. The number of nitrogens with one attached hydrogen (secondary N) is 4. The van der Waals surface area contributed by atoms with Crippen molar-refractivity contribution in [2.75, 3.05) is 35.4 Å². The number of benzene rings is 2. The summed E-state index contributed by atoms with van der Waals surface area (Å²) in [5, 5.41) is 26.4. The molecule has 0 radical (unpaired) electrons. The Labute approximate surface area is 221 Å². The number of aliphatic hydroxyl groups excluding tert-OH is 1. The molecule has 7 N–H and O–H groups in total. The molecule has 0 fully saturated rings. The number of rotatable bonds is 10. The van der Waals surface area contributed by atoms with Crippen molar-refractivity contribution in [3.63, 3.8) is 0 Å². The lowest BCUT2D eigenvalue weighted by Gasteiger charge is -2.17. The lowest BCUT2D eigenvalue weighted by molar-refractivity contribution is -0.118. The number of aliphatic hydroxyl groups is 1. The van der Waals surface area contributed by atoms with Gasteiger partial charge in [0.2, 0.25) is 5.91 Å². The Morgan fingerprint density at radius 1 is 1.10 bits per heavy atom. The van der Waals surface area contributed by atoms with Gasteiger partial charge >= 0.3 is 0 Å². The van der Waals surface area contributed by atoms with Crippen molar-refractivity contribution in [2.45, 2.75) is 6.54 Å². The number of hydrogen-bond donors (Lipinski definition) is 6. The number of carbonyl (C=O) groups is 1. The molecule has 1 amide bonds. The molecule has 2 heterocycles. The number of anilines is 5. The average Bonchev–Trinajstić information content (AvgIpc) is 2.94. The van der Waals surface area contributed by atoms with E-state index in [1.54, 1.807) is 36.4 Å². The van der Waals surface area contributed by atoms with Gasteiger partial charge in [-0.3, -0.25) is 15.2 Å². The van der Waals surface area contributed by atoms with Crippen molar-refractivity contribution in [2.24, 2.45) is 0 Å². The van der Waals surface area contributed by atoms with Crippen LogP contribution in [0, 0.1) is 17.0 Å². The van der Waals surface area contributed by atoms with Crippen LogP contribution >= 0.6 is 0 Å². The van der Waals surface area contributed by atoms with E-state index in [1.807, 2.05) is 0 Å². The maximum absolute atomic E-state index is 14.5. The van der Waals surface area contributed by atoms with Crippen LogP contribution in [-0.4, -0.2) is 45.4 Å². The molecular formula is C26H24F2N8O3. The number of methoxy groups -OCH3 is 1. The average molecular weight is 535 g/mol. The Morgan fingerprint density at radius 2 is 1.79 bits per heavy atom. The molecule has 0 aliphatic carbocycles. The maximum atomic E-state index is 14.5. The van der Waals surface area contributed by atoms with Crippen molar-refractivity contribution in [1.29, 1.82) is 5.41 Å². The number of nitrogens with two attached hydrogens (primary N) is 1. The van der Waals surface area contributed by atoms with Crippen LogP contribution in [0.4, 0.5) is 37.5 Å². The highest BCUT2D eigenvalue weighted by molar-refractivity contribution is 6.12. The Morgan fingerprint density at radius 3 is 2.46 bits per heavy atom. The highest BCUT2D eigenvalue weighted by Gasteiger charge is 2.20. The first kappa shape index (κ1) is 26.9. The van der Waals surface area contributed by atoms with E-state index in [0.717, 1.165) is 12.1 Å². The van der Waals surface area contributed by atoms with Crippen molar-refractivity contribution >= 4 is 40.3 Å². The van der Waals surface area contributed by atoms with Crippen molar-refractivity contribution in [3.05, 3.63) is 89.5 Å². The summed E-state index contributed by atoms with van der Waals surface area (Å²) >= 11 is 0. The number of nitrogens with zero attached hydrogens (tertiary/aromatic N) is 3. The second-order valence-corrected chi connectivity index (χ2v) is 8.07. The molecule has 4 rings (SSSR count). The first-order valence-corrected chi connectivity index (χ1v) is 11.5. The zero-order chi connectivity index (χ0) is 27.9. The molecular weight excluding hydrogens is 510 g/mol. The molecule has 39 heavy (non-hydrogen) atoms. The number of hydrogen-bond acceptors (Lipinski definition) is 10. The monoisotopic (exact) mass is 534 g/mol. The van der Waals surface area contributed by atoms with Crippen LogP contribution in [0.5, 0.6) is 5.75 Å². The minimum absolute atomic E-state index is 0.0132. The summed E-state index contributed by atoms with van der Waals surface area (Å²) in [4.78, 5) is 24.4. The summed E-state index contributed by atoms with van der Waals surface area (Å²) in [5.74, 6) is -2.43. The summed E-state index contributed by atoms with van der Waals surface area (Å²) in [6.45, 7) is -1.00. The van der Waals surface area contributed by atoms with Gasteiger partial charge in [0.25, 0.3) is 0 Å². The number of amides is 1. The van der Waals surface area contributed by atoms with E-state index in [0.29, 0.717) is 16.9 Å². The number of aromatic nitrogens is 3. The van der Waals surface area contributed by atoms with Crippen molar-refractivity contribution in [3.8, 4) is 5.75 Å². The van der Waals surface area contributed by atoms with E-state index in [9.17, 15) is 13.6 Å². The number of pyridine rings is 1. The van der Waals surface area contributed by atoms with E-state index in [4.69, 9.17) is 21.0 Å². The van der Waals surface area contributed by atoms with E-state index in [2.05, 4.69) is 30.9 Å². The van der Waals surface area contributed by atoms with Gasteiger partial charge in [-0.05, 0) is 18.2 Å². The zero-order valence-corrected chi connectivity index (χ0v) is 20.6. The van der Waals surface area contributed by atoms with Gasteiger partial charge in [-0.1, -0.05) is 18.2 Å². The van der Waals surface area contributed by atoms with Gasteiger partial charge in [0.1, 0.15) is 35.4 Å². The predicted molar refractivity (Wildman–Crippen MR) is 142 cm³/mol. The summed E-state index contributed by atoms with van der Waals surface area (Å²) in [6.07, 6.45) is 3.08. The van der Waals surface area contributed by atoms with Crippen molar-refractivity contribution in [1.82, 2.24) is 15.0 Å². The highest BCUT2D eigenvalue weighted by Crippen LogP contribution is 2.30. The molecule has 0 unspecified atom stereocenters. The quantitative estimate of drug-likeness (QED) is 0.167. The maximum Gasteiger partial charge on any atom is 0.250 e. The van der Waals surface area contributed by atoms with Crippen LogP contribution < -0.4 is 26.4 Å². The minimum atomic E-state index is -0.792. The molecule has 0 saturated carbocycles. The van der Waals surface area contributed by atoms with Crippen LogP contribution in [0.25, 0.3) is 0 Å². The van der Waals surface area contributed by atoms with Gasteiger partial charge in [-0.15, -0.1) is 0 Å². The Balaban J connectivity index is 1.67. The van der Waals surface area contributed by atoms with E-state index < -0.39 is 24.1 Å². The molecule has 2 aromatic heterocycles. The summed E-state index contributed by atoms with van der Waals surface area (Å²) in [5.41, 5.74) is 7.05. The number of para-hydroxylation sites is 1. The third kappa shape index (κ3) is 6.22. The number of ether oxygens (including phenoxy) is 1. The minimum Gasteiger partial charge on any atom is -0.497 e. The fourth-order valence-corrected chi connectivity index (χ4v) is 3.58. The van der Waals surface area contributed by atoms with E-state index >= 15 is 0 Å². The van der Waals surface area contributed by atoms with Crippen molar-refractivity contribution < 1.29 is 23.4 Å². The Kier molecular flexibility index (Phi) is 8.21. The van der Waals surface area contributed by atoms with Crippen LogP contribution in [-0.2, 0) is 11.3 Å².